The van der Waals surface area contributed by atoms with Crippen LogP contribution in [0.25, 0.3) is 0 Å². The molecule has 0 fully saturated rings. The summed E-state index contributed by atoms with van der Waals surface area (Å²) in [7, 11) is 0. The van der Waals surface area contributed by atoms with Crippen molar-refractivity contribution < 1.29 is 14.3 Å². The van der Waals surface area contributed by atoms with Crippen molar-refractivity contribution in [3.05, 3.63) is 35.5 Å². The number of rotatable bonds is 0. The van der Waals surface area contributed by atoms with Crippen molar-refractivity contribution in [3.8, 4) is 0 Å². The van der Waals surface area contributed by atoms with E-state index in [0.717, 1.165) is 6.42 Å². The predicted molar refractivity (Wildman–Crippen MR) is 41.0 cm³/mol. The lowest BCUT2D eigenvalue weighted by Crippen LogP contribution is -2.01. The molecule has 1 aliphatic heterocycles. The van der Waals surface area contributed by atoms with Crippen LogP contribution in [0.3, 0.4) is 0 Å². The number of cyclic esters (lactones) is 2. The van der Waals surface area contributed by atoms with Gasteiger partial charge in [0.2, 0.25) is 0 Å². The highest BCUT2D eigenvalue weighted by Gasteiger charge is 2.29. The Morgan fingerprint density at radius 2 is 1.50 bits per heavy atom. The third-order valence-electron chi connectivity index (χ3n) is 1.76. The lowest BCUT2D eigenvalue weighted by molar-refractivity contribution is -0.150. The minimum atomic E-state index is -0.544. The first kappa shape index (κ1) is 7.03. The Balaban J connectivity index is 2.55. The molecule has 3 heteroatoms. The minimum absolute atomic E-state index is 0.369. The molecular weight excluding hydrogens is 156 g/mol. The van der Waals surface area contributed by atoms with E-state index in [-0.39, 0.29) is 0 Å². The van der Waals surface area contributed by atoms with Crippen molar-refractivity contribution >= 4 is 11.9 Å². The van der Waals surface area contributed by atoms with Crippen molar-refractivity contribution in [2.75, 3.05) is 0 Å². The topological polar surface area (TPSA) is 43.4 Å². The van der Waals surface area contributed by atoms with Crippen molar-refractivity contribution in [1.82, 2.24) is 0 Å². The fourth-order valence-electron chi connectivity index (χ4n) is 1.18. The predicted octanol–water partition coefficient (Wildman–Crippen LogP) is 0.882. The molecule has 2 rings (SSSR count). The van der Waals surface area contributed by atoms with Gasteiger partial charge in [0.25, 0.3) is 0 Å². The second kappa shape index (κ2) is 2.44. The monoisotopic (exact) mass is 162 g/mol. The number of esters is 2. The molecule has 0 aromatic heterocycles. The molecule has 0 aromatic carbocycles. The van der Waals surface area contributed by atoms with E-state index in [2.05, 4.69) is 4.74 Å². The molecule has 0 atom stereocenters. The van der Waals surface area contributed by atoms with Crippen LogP contribution in [0.2, 0.25) is 0 Å². The van der Waals surface area contributed by atoms with Crippen molar-refractivity contribution in [2.45, 2.75) is 6.42 Å². The summed E-state index contributed by atoms with van der Waals surface area (Å²) < 4.78 is 4.41. The standard InChI is InChI=1S/C9H6O3/c10-8-6-4-2-1-3-5-7(6)9(11)12-8/h2-5H,1H2. The van der Waals surface area contributed by atoms with Crippen LogP contribution in [0.4, 0.5) is 0 Å². The van der Waals surface area contributed by atoms with Gasteiger partial charge in [0.15, 0.2) is 0 Å². The van der Waals surface area contributed by atoms with Crippen molar-refractivity contribution in [1.29, 1.82) is 0 Å². The second-order valence-electron chi connectivity index (χ2n) is 2.54. The molecule has 0 bridgehead atoms. The zero-order valence-corrected chi connectivity index (χ0v) is 6.24. The summed E-state index contributed by atoms with van der Waals surface area (Å²) in [5.41, 5.74) is 0.738. The van der Waals surface area contributed by atoms with E-state index in [1.165, 1.54) is 0 Å². The van der Waals surface area contributed by atoms with Crippen LogP contribution in [-0.2, 0) is 14.3 Å². The van der Waals surface area contributed by atoms with Crippen LogP contribution in [0.1, 0.15) is 6.42 Å². The van der Waals surface area contributed by atoms with E-state index in [0.29, 0.717) is 11.1 Å². The highest BCUT2D eigenvalue weighted by Crippen LogP contribution is 2.21. The molecule has 0 radical (unpaired) electrons. The summed E-state index contributed by atoms with van der Waals surface area (Å²) >= 11 is 0. The van der Waals surface area contributed by atoms with Crippen LogP contribution in [0.5, 0.6) is 0 Å². The van der Waals surface area contributed by atoms with Crippen LogP contribution < -0.4 is 0 Å². The van der Waals surface area contributed by atoms with Gasteiger partial charge in [-0.1, -0.05) is 24.3 Å². The number of carbonyl (C=O) groups excluding carboxylic acids is 2. The van der Waals surface area contributed by atoms with Gasteiger partial charge < -0.3 is 4.74 Å². The molecule has 0 unspecified atom stereocenters. The summed E-state index contributed by atoms with van der Waals surface area (Å²) in [5, 5.41) is 0. The van der Waals surface area contributed by atoms with E-state index in [1.807, 2.05) is 12.2 Å². The average Bonchev–Trinajstić information content (AvgIpc) is 2.29. The Bertz CT molecular complexity index is 313. The normalized spacial score (nSPS) is 21.0. The summed E-state index contributed by atoms with van der Waals surface area (Å²) in [4.78, 5) is 22.0. The summed E-state index contributed by atoms with van der Waals surface area (Å²) in [6.45, 7) is 0. The fraction of sp³-hybridized carbons (Fsp3) is 0.111. The quantitative estimate of drug-likeness (QED) is 0.392. The number of carbonyl (C=O) groups is 2. The van der Waals surface area contributed by atoms with E-state index in [1.54, 1.807) is 12.2 Å². The number of ether oxygens (including phenoxy) is 1. The second-order valence-corrected chi connectivity index (χ2v) is 2.54. The Morgan fingerprint density at radius 1 is 1.00 bits per heavy atom. The van der Waals surface area contributed by atoms with Gasteiger partial charge >= 0.3 is 11.9 Å². The molecule has 60 valence electrons. The third kappa shape index (κ3) is 0.906. The first-order chi connectivity index (χ1) is 5.79. The zero-order chi connectivity index (χ0) is 8.55. The molecule has 12 heavy (non-hydrogen) atoms. The molecule has 1 aliphatic carbocycles. The fourth-order valence-corrected chi connectivity index (χ4v) is 1.18. The van der Waals surface area contributed by atoms with Crippen molar-refractivity contribution in [3.63, 3.8) is 0 Å². The van der Waals surface area contributed by atoms with Gasteiger partial charge in [0, 0.05) is 0 Å². The van der Waals surface area contributed by atoms with Crippen LogP contribution in [0, 0.1) is 0 Å². The largest absolute Gasteiger partial charge is 0.386 e. The Labute approximate surface area is 69.0 Å². The minimum Gasteiger partial charge on any atom is -0.386 e. The van der Waals surface area contributed by atoms with Crippen LogP contribution in [-0.4, -0.2) is 11.9 Å². The third-order valence-corrected chi connectivity index (χ3v) is 1.76. The maximum Gasteiger partial charge on any atom is 0.346 e. The number of hydrogen-bond acceptors (Lipinski definition) is 3. The van der Waals surface area contributed by atoms with E-state index >= 15 is 0 Å². The van der Waals surface area contributed by atoms with Gasteiger partial charge in [-0.05, 0) is 6.42 Å². The molecule has 0 spiro atoms. The SMILES string of the molecule is O=C1OC(=O)C2=C1C=CCC=C2. The summed E-state index contributed by atoms with van der Waals surface area (Å²) in [6.07, 6.45) is 7.64. The van der Waals surface area contributed by atoms with Crippen LogP contribution >= 0.6 is 0 Å². The molecule has 0 N–H and O–H groups in total. The van der Waals surface area contributed by atoms with Gasteiger partial charge in [-0.2, -0.15) is 0 Å². The van der Waals surface area contributed by atoms with Gasteiger partial charge in [-0.15, -0.1) is 0 Å². The van der Waals surface area contributed by atoms with Gasteiger partial charge in [-0.25, -0.2) is 9.59 Å². The van der Waals surface area contributed by atoms with Gasteiger partial charge in [-0.3, -0.25) is 0 Å². The number of allylic oxidation sites excluding steroid dienone is 2. The highest BCUT2D eigenvalue weighted by atomic mass is 16.6. The molecule has 0 aromatic rings. The molecule has 3 nitrogen and oxygen atoms in total. The maximum absolute atomic E-state index is 11.0. The Hall–Kier alpha value is -1.64. The smallest absolute Gasteiger partial charge is 0.346 e. The Kier molecular flexibility index (Phi) is 1.43. The lowest BCUT2D eigenvalue weighted by Gasteiger charge is -1.87. The number of hydrogen-bond donors (Lipinski definition) is 0. The Morgan fingerprint density at radius 3 is 2.00 bits per heavy atom. The van der Waals surface area contributed by atoms with Gasteiger partial charge in [0.05, 0.1) is 11.1 Å². The molecule has 0 amide bonds. The van der Waals surface area contributed by atoms with E-state index in [9.17, 15) is 9.59 Å². The van der Waals surface area contributed by atoms with E-state index < -0.39 is 11.9 Å². The first-order valence-electron chi connectivity index (χ1n) is 3.63. The molecular formula is C9H6O3. The van der Waals surface area contributed by atoms with Crippen molar-refractivity contribution in [2.24, 2.45) is 0 Å². The average molecular weight is 162 g/mol. The molecule has 0 saturated carbocycles. The summed E-state index contributed by atoms with van der Waals surface area (Å²) in [6, 6.07) is 0. The summed E-state index contributed by atoms with van der Waals surface area (Å²) in [5.74, 6) is -1.09. The van der Waals surface area contributed by atoms with Gasteiger partial charge in [0.1, 0.15) is 0 Å². The zero-order valence-electron chi connectivity index (χ0n) is 6.24. The molecule has 2 aliphatic rings. The first-order valence-corrected chi connectivity index (χ1v) is 3.63. The molecule has 1 heterocycles. The van der Waals surface area contributed by atoms with E-state index in [4.69, 9.17) is 0 Å². The van der Waals surface area contributed by atoms with Crippen LogP contribution in [0.15, 0.2) is 35.5 Å². The lowest BCUT2D eigenvalue weighted by atomic mass is 10.1. The highest BCUT2D eigenvalue weighted by molar-refractivity contribution is 6.15. The molecule has 0 saturated heterocycles. The maximum atomic E-state index is 11.0.